The van der Waals surface area contributed by atoms with Crippen LogP contribution in [0.3, 0.4) is 0 Å². The van der Waals surface area contributed by atoms with E-state index in [1.54, 1.807) is 0 Å². The van der Waals surface area contributed by atoms with Gasteiger partial charge in [-0.3, -0.25) is 9.59 Å². The number of carbonyl (C=O) groups excluding carboxylic acids is 2. The lowest BCUT2D eigenvalue weighted by atomic mass is 9.77. The highest BCUT2D eigenvalue weighted by molar-refractivity contribution is 5.80. The zero-order valence-corrected chi connectivity index (χ0v) is 17.3. The summed E-state index contributed by atoms with van der Waals surface area (Å²) in [5, 5.41) is 3.28. The Labute approximate surface area is 173 Å². The SMILES string of the molecule is O=C(C[C@H]1CNCCO1)N1CCC2(CC1)CC(=O)N(CCCc1ccccc1)C2. The molecule has 0 saturated carbocycles. The molecule has 3 aliphatic rings. The highest BCUT2D eigenvalue weighted by Crippen LogP contribution is 2.41. The summed E-state index contributed by atoms with van der Waals surface area (Å²) >= 11 is 0. The molecule has 3 heterocycles. The molecule has 4 rings (SSSR count). The molecule has 6 nitrogen and oxygen atoms in total. The molecule has 1 aromatic carbocycles. The zero-order chi connectivity index (χ0) is 20.1. The fourth-order valence-corrected chi connectivity index (χ4v) is 4.94. The van der Waals surface area contributed by atoms with Crippen molar-refractivity contribution >= 4 is 11.8 Å². The van der Waals surface area contributed by atoms with Crippen molar-refractivity contribution in [1.82, 2.24) is 15.1 Å². The predicted molar refractivity (Wildman–Crippen MR) is 111 cm³/mol. The molecule has 158 valence electrons. The number of carbonyl (C=O) groups is 2. The van der Waals surface area contributed by atoms with E-state index < -0.39 is 0 Å². The highest BCUT2D eigenvalue weighted by atomic mass is 16.5. The number of nitrogens with one attached hydrogen (secondary N) is 1. The molecule has 29 heavy (non-hydrogen) atoms. The van der Waals surface area contributed by atoms with Gasteiger partial charge < -0.3 is 19.9 Å². The number of hydrogen-bond donors (Lipinski definition) is 1. The van der Waals surface area contributed by atoms with Crippen molar-refractivity contribution < 1.29 is 14.3 Å². The van der Waals surface area contributed by atoms with E-state index in [9.17, 15) is 9.59 Å². The number of amides is 2. The topological polar surface area (TPSA) is 61.9 Å². The molecule has 6 heteroatoms. The fourth-order valence-electron chi connectivity index (χ4n) is 4.94. The van der Waals surface area contributed by atoms with E-state index in [0.29, 0.717) is 25.4 Å². The first-order valence-corrected chi connectivity index (χ1v) is 11.1. The maximum absolute atomic E-state index is 12.6. The van der Waals surface area contributed by atoms with Crippen LogP contribution >= 0.6 is 0 Å². The fraction of sp³-hybridized carbons (Fsp3) is 0.652. The quantitative estimate of drug-likeness (QED) is 0.793. The Morgan fingerprint density at radius 3 is 2.72 bits per heavy atom. The Balaban J connectivity index is 1.22. The van der Waals surface area contributed by atoms with Crippen molar-refractivity contribution in [2.24, 2.45) is 5.41 Å². The lowest BCUT2D eigenvalue weighted by Gasteiger charge is -2.39. The summed E-state index contributed by atoms with van der Waals surface area (Å²) in [6.07, 6.45) is 5.00. The van der Waals surface area contributed by atoms with Gasteiger partial charge in [0.2, 0.25) is 11.8 Å². The summed E-state index contributed by atoms with van der Waals surface area (Å²) in [5.41, 5.74) is 1.40. The van der Waals surface area contributed by atoms with Crippen LogP contribution in [0.25, 0.3) is 0 Å². The molecule has 3 fully saturated rings. The molecule has 3 aliphatic heterocycles. The molecule has 3 saturated heterocycles. The van der Waals surface area contributed by atoms with E-state index >= 15 is 0 Å². The summed E-state index contributed by atoms with van der Waals surface area (Å²) in [6.45, 7) is 5.54. The van der Waals surface area contributed by atoms with E-state index in [0.717, 1.165) is 65.0 Å². The Morgan fingerprint density at radius 2 is 2.00 bits per heavy atom. The van der Waals surface area contributed by atoms with Gasteiger partial charge in [-0.05, 0) is 31.2 Å². The molecule has 1 atom stereocenters. The third-order valence-corrected chi connectivity index (χ3v) is 6.73. The highest BCUT2D eigenvalue weighted by Gasteiger charge is 2.45. The number of rotatable bonds is 6. The first-order valence-electron chi connectivity index (χ1n) is 11.1. The molecule has 1 spiro atoms. The third-order valence-electron chi connectivity index (χ3n) is 6.73. The molecular formula is C23H33N3O3. The van der Waals surface area contributed by atoms with Crippen LogP contribution in [0, 0.1) is 5.41 Å². The Hall–Kier alpha value is -1.92. The number of nitrogens with zero attached hydrogens (tertiary/aromatic N) is 2. The maximum Gasteiger partial charge on any atom is 0.225 e. The van der Waals surface area contributed by atoms with Crippen LogP contribution < -0.4 is 5.32 Å². The number of piperidine rings is 1. The van der Waals surface area contributed by atoms with Crippen LogP contribution in [0.4, 0.5) is 0 Å². The van der Waals surface area contributed by atoms with Gasteiger partial charge in [-0.25, -0.2) is 0 Å². The standard InChI is InChI=1S/C23H33N3O3/c27-21(15-20-17-24-10-14-29-20)25-12-8-23(9-13-25)16-22(28)26(18-23)11-4-7-19-5-2-1-3-6-19/h1-3,5-6,20,24H,4,7-18H2/t20-/m0/s1. The lowest BCUT2D eigenvalue weighted by molar-refractivity contribution is -0.137. The van der Waals surface area contributed by atoms with Gasteiger partial charge in [-0.1, -0.05) is 30.3 Å². The molecular weight excluding hydrogens is 366 g/mol. The predicted octanol–water partition coefficient (Wildman–Crippen LogP) is 1.84. The van der Waals surface area contributed by atoms with Gasteiger partial charge in [0.05, 0.1) is 19.1 Å². The van der Waals surface area contributed by atoms with Gasteiger partial charge >= 0.3 is 0 Å². The molecule has 0 unspecified atom stereocenters. The van der Waals surface area contributed by atoms with Crippen molar-refractivity contribution in [1.29, 1.82) is 0 Å². The first-order chi connectivity index (χ1) is 14.1. The summed E-state index contributed by atoms with van der Waals surface area (Å²) < 4.78 is 5.67. The average Bonchev–Trinajstić information content (AvgIpc) is 3.04. The number of morpholine rings is 1. The zero-order valence-electron chi connectivity index (χ0n) is 17.3. The smallest absolute Gasteiger partial charge is 0.225 e. The minimum atomic E-state index is 0.000279. The Morgan fingerprint density at radius 1 is 1.21 bits per heavy atom. The normalized spacial score (nSPS) is 24.3. The van der Waals surface area contributed by atoms with Crippen LogP contribution in [0.15, 0.2) is 30.3 Å². The molecule has 1 aromatic rings. The number of aryl methyl sites for hydroxylation is 1. The second-order valence-electron chi connectivity index (χ2n) is 8.86. The van der Waals surface area contributed by atoms with E-state index in [-0.39, 0.29) is 17.4 Å². The van der Waals surface area contributed by atoms with Crippen LogP contribution in [0.2, 0.25) is 0 Å². The van der Waals surface area contributed by atoms with Gasteiger partial charge in [0.15, 0.2) is 0 Å². The van der Waals surface area contributed by atoms with Crippen molar-refractivity contribution in [3.05, 3.63) is 35.9 Å². The van der Waals surface area contributed by atoms with Crippen LogP contribution in [0.5, 0.6) is 0 Å². The molecule has 0 radical (unpaired) electrons. The van der Waals surface area contributed by atoms with E-state index in [1.807, 2.05) is 11.0 Å². The summed E-state index contributed by atoms with van der Waals surface area (Å²) in [4.78, 5) is 29.2. The van der Waals surface area contributed by atoms with E-state index in [2.05, 4.69) is 34.5 Å². The van der Waals surface area contributed by atoms with Crippen LogP contribution in [0.1, 0.15) is 37.7 Å². The third kappa shape index (κ3) is 5.17. The van der Waals surface area contributed by atoms with Crippen molar-refractivity contribution in [3.63, 3.8) is 0 Å². The first kappa shape index (κ1) is 20.4. The second-order valence-corrected chi connectivity index (χ2v) is 8.86. The van der Waals surface area contributed by atoms with Gasteiger partial charge in [-0.2, -0.15) is 0 Å². The number of ether oxygens (including phenoxy) is 1. The number of benzene rings is 1. The number of hydrogen-bond acceptors (Lipinski definition) is 4. The van der Waals surface area contributed by atoms with E-state index in [1.165, 1.54) is 5.56 Å². The second kappa shape index (κ2) is 9.26. The molecule has 0 aliphatic carbocycles. The molecule has 0 aromatic heterocycles. The summed E-state index contributed by atoms with van der Waals surface area (Å²) in [5.74, 6) is 0.483. The monoisotopic (exact) mass is 399 g/mol. The molecule has 0 bridgehead atoms. The van der Waals surface area contributed by atoms with E-state index in [4.69, 9.17) is 4.74 Å². The molecule has 2 amide bonds. The van der Waals surface area contributed by atoms with Crippen LogP contribution in [-0.2, 0) is 20.7 Å². The largest absolute Gasteiger partial charge is 0.375 e. The van der Waals surface area contributed by atoms with Crippen molar-refractivity contribution in [3.8, 4) is 0 Å². The maximum atomic E-state index is 12.6. The minimum Gasteiger partial charge on any atom is -0.375 e. The van der Waals surface area contributed by atoms with Gasteiger partial charge in [-0.15, -0.1) is 0 Å². The van der Waals surface area contributed by atoms with Crippen molar-refractivity contribution in [2.75, 3.05) is 45.9 Å². The number of likely N-dealkylation sites (tertiary alicyclic amines) is 2. The van der Waals surface area contributed by atoms with Gasteiger partial charge in [0, 0.05) is 51.1 Å². The Bertz CT molecular complexity index is 695. The lowest BCUT2D eigenvalue weighted by Crippen LogP contribution is -2.47. The van der Waals surface area contributed by atoms with Crippen LogP contribution in [-0.4, -0.2) is 73.6 Å². The average molecular weight is 400 g/mol. The summed E-state index contributed by atoms with van der Waals surface area (Å²) in [6, 6.07) is 10.5. The van der Waals surface area contributed by atoms with Gasteiger partial charge in [0.1, 0.15) is 0 Å². The van der Waals surface area contributed by atoms with Crippen molar-refractivity contribution in [2.45, 2.75) is 44.6 Å². The molecule has 1 N–H and O–H groups in total. The summed E-state index contributed by atoms with van der Waals surface area (Å²) in [7, 11) is 0. The Kier molecular flexibility index (Phi) is 6.50. The minimum absolute atomic E-state index is 0.000279. The van der Waals surface area contributed by atoms with Gasteiger partial charge in [0.25, 0.3) is 0 Å².